The van der Waals surface area contributed by atoms with Crippen LogP contribution in [-0.2, 0) is 11.3 Å². The summed E-state index contributed by atoms with van der Waals surface area (Å²) in [6.07, 6.45) is 1.53. The SMILES string of the molecule is CC.COc1cc(CN2C=C(CNC(=O)OC(C)(C)C)CN2)cc2onc(N)c12. The predicted octanol–water partition coefficient (Wildman–Crippen LogP) is 3.17. The summed E-state index contributed by atoms with van der Waals surface area (Å²) >= 11 is 0. The van der Waals surface area contributed by atoms with Gasteiger partial charge in [0.2, 0.25) is 0 Å². The number of amides is 1. The first-order valence-corrected chi connectivity index (χ1v) is 9.63. The molecule has 9 heteroatoms. The lowest BCUT2D eigenvalue weighted by molar-refractivity contribution is 0.0532. The molecule has 0 spiro atoms. The van der Waals surface area contributed by atoms with Gasteiger partial charge in [-0.1, -0.05) is 19.0 Å². The minimum Gasteiger partial charge on any atom is -0.496 e. The summed E-state index contributed by atoms with van der Waals surface area (Å²) in [4.78, 5) is 11.7. The maximum atomic E-state index is 11.7. The molecular formula is C20H31N5O4. The van der Waals surface area contributed by atoms with Crippen LogP contribution in [0.25, 0.3) is 11.0 Å². The molecule has 2 aromatic rings. The number of ether oxygens (including phenoxy) is 2. The third-order valence-corrected chi connectivity index (χ3v) is 3.90. The highest BCUT2D eigenvalue weighted by atomic mass is 16.6. The van der Waals surface area contributed by atoms with Crippen molar-refractivity contribution in [2.45, 2.75) is 46.8 Å². The van der Waals surface area contributed by atoms with Crippen molar-refractivity contribution >= 4 is 22.9 Å². The van der Waals surface area contributed by atoms with Crippen molar-refractivity contribution < 1.29 is 18.8 Å². The Hall–Kier alpha value is -2.94. The molecule has 1 aliphatic rings. The standard InChI is InChI=1S/C18H25N5O4.C2H6/c1-18(2,3)26-17(24)20-7-12-8-21-23(10-12)9-11-5-13(25-4)15-14(6-11)27-22-16(15)19;1-2/h5-6,10,21H,7-9H2,1-4H3,(H2,19,22)(H,20,24);1-2H3. The Balaban J connectivity index is 0.00000145. The number of anilines is 1. The molecule has 0 unspecified atom stereocenters. The zero-order valence-electron chi connectivity index (χ0n) is 18.0. The molecule has 3 rings (SSSR count). The molecule has 0 bridgehead atoms. The minimum absolute atomic E-state index is 0.308. The molecule has 0 aliphatic carbocycles. The van der Waals surface area contributed by atoms with Crippen LogP contribution in [0.1, 0.15) is 40.2 Å². The van der Waals surface area contributed by atoms with Gasteiger partial charge in [0.05, 0.1) is 13.7 Å². The lowest BCUT2D eigenvalue weighted by atomic mass is 10.1. The molecule has 0 radical (unpaired) electrons. The van der Waals surface area contributed by atoms with Crippen molar-refractivity contribution in [1.82, 2.24) is 20.9 Å². The van der Waals surface area contributed by atoms with Crippen LogP contribution in [0, 0.1) is 0 Å². The second-order valence-electron chi connectivity index (χ2n) is 7.34. The van der Waals surface area contributed by atoms with Crippen molar-refractivity contribution in [2.24, 2.45) is 0 Å². The summed E-state index contributed by atoms with van der Waals surface area (Å²) < 4.78 is 15.9. The molecule has 2 heterocycles. The Morgan fingerprint density at radius 2 is 2.10 bits per heavy atom. The number of benzene rings is 1. The van der Waals surface area contributed by atoms with Gasteiger partial charge in [0.1, 0.15) is 16.7 Å². The van der Waals surface area contributed by atoms with Gasteiger partial charge in [-0.2, -0.15) is 0 Å². The lowest BCUT2D eigenvalue weighted by Gasteiger charge is -2.19. The van der Waals surface area contributed by atoms with Crippen LogP contribution < -0.4 is 21.2 Å². The lowest BCUT2D eigenvalue weighted by Crippen LogP contribution is -2.34. The van der Waals surface area contributed by atoms with E-state index in [9.17, 15) is 4.79 Å². The molecule has 160 valence electrons. The summed E-state index contributed by atoms with van der Waals surface area (Å²) in [5.74, 6) is 0.930. The fraction of sp³-hybridized carbons (Fsp3) is 0.500. The average Bonchev–Trinajstić information content (AvgIpc) is 3.26. The number of carbonyl (C=O) groups is 1. The summed E-state index contributed by atoms with van der Waals surface area (Å²) in [6.45, 7) is 11.1. The first-order valence-electron chi connectivity index (χ1n) is 9.63. The highest BCUT2D eigenvalue weighted by molar-refractivity contribution is 5.93. The number of hydrogen-bond donors (Lipinski definition) is 3. The van der Waals surface area contributed by atoms with Gasteiger partial charge in [-0.05, 0) is 44.0 Å². The van der Waals surface area contributed by atoms with Gasteiger partial charge in [-0.3, -0.25) is 0 Å². The molecule has 1 aliphatic heterocycles. The van der Waals surface area contributed by atoms with Crippen molar-refractivity contribution in [2.75, 3.05) is 25.9 Å². The number of fused-ring (bicyclic) bond motifs is 1. The molecule has 1 aromatic heterocycles. The van der Waals surface area contributed by atoms with E-state index in [2.05, 4.69) is 15.9 Å². The number of hydrogen-bond acceptors (Lipinski definition) is 8. The zero-order valence-corrected chi connectivity index (χ0v) is 18.0. The maximum Gasteiger partial charge on any atom is 0.407 e. The van der Waals surface area contributed by atoms with E-state index in [0.717, 1.165) is 11.1 Å². The first-order chi connectivity index (χ1) is 13.7. The van der Waals surface area contributed by atoms with Crippen LogP contribution in [0.4, 0.5) is 10.6 Å². The van der Waals surface area contributed by atoms with Gasteiger partial charge in [-0.25, -0.2) is 10.2 Å². The fourth-order valence-electron chi connectivity index (χ4n) is 2.79. The van der Waals surface area contributed by atoms with Gasteiger partial charge in [0, 0.05) is 19.3 Å². The Kier molecular flexibility index (Phi) is 7.33. The number of rotatable bonds is 5. The van der Waals surface area contributed by atoms with E-state index in [-0.39, 0.29) is 0 Å². The molecule has 4 N–H and O–H groups in total. The van der Waals surface area contributed by atoms with E-state index < -0.39 is 11.7 Å². The number of alkyl carbamates (subject to hydrolysis) is 1. The predicted molar refractivity (Wildman–Crippen MR) is 112 cm³/mol. The van der Waals surface area contributed by atoms with E-state index >= 15 is 0 Å². The molecule has 29 heavy (non-hydrogen) atoms. The van der Waals surface area contributed by atoms with E-state index in [1.165, 1.54) is 0 Å². The summed E-state index contributed by atoms with van der Waals surface area (Å²) in [5.41, 5.74) is 11.2. The van der Waals surface area contributed by atoms with Gasteiger partial charge in [-0.15, -0.1) is 0 Å². The van der Waals surface area contributed by atoms with Crippen LogP contribution in [0.15, 0.2) is 28.4 Å². The number of methoxy groups -OCH3 is 1. The van der Waals surface area contributed by atoms with Crippen molar-refractivity contribution in [3.05, 3.63) is 29.5 Å². The van der Waals surface area contributed by atoms with Crippen LogP contribution in [0.5, 0.6) is 5.75 Å². The van der Waals surface area contributed by atoms with E-state index in [1.54, 1.807) is 7.11 Å². The number of hydrazine groups is 1. The zero-order chi connectivity index (χ0) is 21.6. The van der Waals surface area contributed by atoms with Crippen LogP contribution in [-0.4, -0.2) is 42.1 Å². The number of nitrogens with one attached hydrogen (secondary N) is 2. The summed E-state index contributed by atoms with van der Waals surface area (Å²) in [5, 5.41) is 9.15. The number of aromatic nitrogens is 1. The number of nitrogens with zero attached hydrogens (tertiary/aromatic N) is 2. The normalized spacial score (nSPS) is 13.6. The molecule has 1 aromatic carbocycles. The van der Waals surface area contributed by atoms with Crippen molar-refractivity contribution in [3.63, 3.8) is 0 Å². The second-order valence-corrected chi connectivity index (χ2v) is 7.34. The van der Waals surface area contributed by atoms with Crippen molar-refractivity contribution in [3.8, 4) is 5.75 Å². The molecule has 0 atom stereocenters. The Morgan fingerprint density at radius 1 is 1.38 bits per heavy atom. The monoisotopic (exact) mass is 405 g/mol. The summed E-state index contributed by atoms with van der Waals surface area (Å²) in [7, 11) is 1.58. The highest BCUT2D eigenvalue weighted by Crippen LogP contribution is 2.32. The number of carbonyl (C=O) groups excluding carboxylic acids is 1. The molecule has 0 saturated heterocycles. The van der Waals surface area contributed by atoms with Gasteiger partial charge in [0.15, 0.2) is 11.4 Å². The van der Waals surface area contributed by atoms with Crippen LogP contribution in [0.2, 0.25) is 0 Å². The first kappa shape index (κ1) is 22.4. The Labute approximate surface area is 171 Å². The minimum atomic E-state index is -0.514. The number of nitrogen functional groups attached to an aromatic ring is 1. The van der Waals surface area contributed by atoms with E-state index in [4.69, 9.17) is 19.7 Å². The van der Waals surface area contributed by atoms with Gasteiger partial charge >= 0.3 is 6.09 Å². The molecule has 1 amide bonds. The maximum absolute atomic E-state index is 11.7. The Morgan fingerprint density at radius 3 is 2.76 bits per heavy atom. The topological polar surface area (TPSA) is 115 Å². The van der Waals surface area contributed by atoms with E-state index in [0.29, 0.717) is 42.2 Å². The summed E-state index contributed by atoms with van der Waals surface area (Å²) in [6, 6.07) is 3.79. The smallest absolute Gasteiger partial charge is 0.407 e. The van der Waals surface area contributed by atoms with Crippen LogP contribution in [0.3, 0.4) is 0 Å². The molecule has 0 saturated carbocycles. The number of nitrogens with two attached hydrogens (primary N) is 1. The largest absolute Gasteiger partial charge is 0.496 e. The van der Waals surface area contributed by atoms with Crippen molar-refractivity contribution in [1.29, 1.82) is 0 Å². The molecule has 0 fully saturated rings. The fourth-order valence-corrected chi connectivity index (χ4v) is 2.79. The van der Waals surface area contributed by atoms with E-state index in [1.807, 2.05) is 58.0 Å². The molecular weight excluding hydrogens is 374 g/mol. The van der Waals surface area contributed by atoms with Gasteiger partial charge < -0.3 is 30.1 Å². The Bertz CT molecular complexity index is 870. The van der Waals surface area contributed by atoms with Crippen LogP contribution >= 0.6 is 0 Å². The average molecular weight is 405 g/mol. The third kappa shape index (κ3) is 6.02. The third-order valence-electron chi connectivity index (χ3n) is 3.90. The second kappa shape index (κ2) is 9.51. The molecule has 9 nitrogen and oxygen atoms in total. The highest BCUT2D eigenvalue weighted by Gasteiger charge is 2.19. The van der Waals surface area contributed by atoms with Gasteiger partial charge in [0.25, 0.3) is 0 Å². The quantitative estimate of drug-likeness (QED) is 0.695.